The number of rotatable bonds is 4. The molecule has 0 radical (unpaired) electrons. The molecule has 0 aromatic carbocycles. The van der Waals surface area contributed by atoms with Gasteiger partial charge in [-0.25, -0.2) is 19.3 Å². The first-order valence-corrected chi connectivity index (χ1v) is 9.58. The highest BCUT2D eigenvalue weighted by Gasteiger charge is 2.34. The van der Waals surface area contributed by atoms with E-state index in [2.05, 4.69) is 25.3 Å². The number of hydrogen-bond donors (Lipinski definition) is 3. The number of anilines is 1. The van der Waals surface area contributed by atoms with Crippen LogP contribution >= 0.6 is 11.6 Å². The zero-order valence-corrected chi connectivity index (χ0v) is 16.6. The number of alkyl halides is 3. The molecule has 4 rings (SSSR count). The molecule has 0 bridgehead atoms. The van der Waals surface area contributed by atoms with Gasteiger partial charge >= 0.3 is 6.18 Å². The van der Waals surface area contributed by atoms with Gasteiger partial charge in [0.2, 0.25) is 5.91 Å². The van der Waals surface area contributed by atoms with Crippen molar-refractivity contribution in [2.24, 2.45) is 0 Å². The summed E-state index contributed by atoms with van der Waals surface area (Å²) >= 11 is 6.01. The van der Waals surface area contributed by atoms with Gasteiger partial charge in [-0.3, -0.25) is 4.79 Å². The van der Waals surface area contributed by atoms with E-state index < -0.39 is 30.5 Å². The van der Waals surface area contributed by atoms with E-state index in [-0.39, 0.29) is 24.7 Å². The molecule has 13 heteroatoms. The number of aromatic amines is 1. The van der Waals surface area contributed by atoms with Crippen LogP contribution in [0, 0.1) is 5.82 Å². The third-order valence-corrected chi connectivity index (χ3v) is 4.95. The van der Waals surface area contributed by atoms with Gasteiger partial charge in [-0.2, -0.15) is 13.2 Å². The first kappa shape index (κ1) is 21.2. The molecule has 3 N–H and O–H groups in total. The number of aromatic nitrogens is 4. The number of fused-ring (bicyclic) bond motifs is 1. The summed E-state index contributed by atoms with van der Waals surface area (Å²) in [4.78, 5) is 29.1. The monoisotopic (exact) mass is 457 g/mol. The Bertz CT molecular complexity index is 1120. The SMILES string of the molecule is O=C(NCC(F)(F)F)[C@@H]1CNCCN1c1nc(-c2c[nH]c3ncc(Cl)cc23)ncc1F. The van der Waals surface area contributed by atoms with Crippen LogP contribution in [0.2, 0.25) is 5.02 Å². The highest BCUT2D eigenvalue weighted by atomic mass is 35.5. The highest BCUT2D eigenvalue weighted by Crippen LogP contribution is 2.29. The molecular weight excluding hydrogens is 442 g/mol. The van der Waals surface area contributed by atoms with E-state index in [1.165, 1.54) is 11.1 Å². The molecule has 8 nitrogen and oxygen atoms in total. The van der Waals surface area contributed by atoms with Crippen LogP contribution in [0.1, 0.15) is 0 Å². The van der Waals surface area contributed by atoms with Crippen molar-refractivity contribution in [3.05, 3.63) is 35.5 Å². The Morgan fingerprint density at radius 3 is 2.90 bits per heavy atom. The third-order valence-electron chi connectivity index (χ3n) is 4.75. The Balaban J connectivity index is 1.68. The Morgan fingerprint density at radius 2 is 2.13 bits per heavy atom. The largest absolute Gasteiger partial charge is 0.405 e. The van der Waals surface area contributed by atoms with E-state index in [1.54, 1.807) is 12.3 Å². The Labute approximate surface area is 178 Å². The molecule has 4 heterocycles. The minimum absolute atomic E-state index is 0.0368. The zero-order valence-electron chi connectivity index (χ0n) is 15.8. The second-order valence-electron chi connectivity index (χ2n) is 6.86. The smallest absolute Gasteiger partial charge is 0.345 e. The number of pyridine rings is 1. The number of halogens is 5. The maximum atomic E-state index is 14.6. The molecular formula is C18H16ClF4N7O. The molecule has 0 aliphatic carbocycles. The van der Waals surface area contributed by atoms with Gasteiger partial charge < -0.3 is 20.5 Å². The second-order valence-corrected chi connectivity index (χ2v) is 7.30. The second kappa shape index (κ2) is 8.27. The van der Waals surface area contributed by atoms with Crippen molar-refractivity contribution < 1.29 is 22.4 Å². The molecule has 1 fully saturated rings. The van der Waals surface area contributed by atoms with Crippen molar-refractivity contribution in [1.82, 2.24) is 30.6 Å². The van der Waals surface area contributed by atoms with Crippen molar-refractivity contribution in [2.75, 3.05) is 31.1 Å². The Morgan fingerprint density at radius 1 is 1.32 bits per heavy atom. The molecule has 3 aromatic heterocycles. The highest BCUT2D eigenvalue weighted by molar-refractivity contribution is 6.31. The van der Waals surface area contributed by atoms with Crippen LogP contribution in [0.5, 0.6) is 0 Å². The Kier molecular flexibility index (Phi) is 5.67. The van der Waals surface area contributed by atoms with Crippen LogP contribution in [0.3, 0.4) is 0 Å². The molecule has 0 saturated carbocycles. The van der Waals surface area contributed by atoms with Crippen LogP contribution in [-0.4, -0.2) is 64.2 Å². The molecule has 1 saturated heterocycles. The first-order valence-electron chi connectivity index (χ1n) is 9.20. The van der Waals surface area contributed by atoms with Gasteiger partial charge in [-0.05, 0) is 6.07 Å². The van der Waals surface area contributed by atoms with Crippen LogP contribution < -0.4 is 15.5 Å². The van der Waals surface area contributed by atoms with Gasteiger partial charge in [0.15, 0.2) is 17.5 Å². The number of piperazine rings is 1. The molecule has 1 aliphatic heterocycles. The van der Waals surface area contributed by atoms with E-state index in [9.17, 15) is 22.4 Å². The fourth-order valence-electron chi connectivity index (χ4n) is 3.35. The molecule has 164 valence electrons. The Hall–Kier alpha value is -2.99. The summed E-state index contributed by atoms with van der Waals surface area (Å²) in [7, 11) is 0. The van der Waals surface area contributed by atoms with Crippen LogP contribution in [0.25, 0.3) is 22.4 Å². The van der Waals surface area contributed by atoms with Gasteiger partial charge in [-0.1, -0.05) is 11.6 Å². The fourth-order valence-corrected chi connectivity index (χ4v) is 3.51. The van der Waals surface area contributed by atoms with E-state index in [4.69, 9.17) is 11.6 Å². The average Bonchev–Trinajstić information content (AvgIpc) is 3.15. The molecule has 1 aliphatic rings. The van der Waals surface area contributed by atoms with Crippen molar-refractivity contribution >= 4 is 34.4 Å². The summed E-state index contributed by atoms with van der Waals surface area (Å²) in [5.74, 6) is -1.70. The summed E-state index contributed by atoms with van der Waals surface area (Å²) in [6, 6.07) is 0.577. The number of carbonyl (C=O) groups is 1. The standard InChI is InChI=1S/C18H16ClF4N7O/c19-9-3-10-11(5-26-14(10)25-4-9)15-27-6-12(20)16(29-15)30-2-1-24-7-13(30)17(31)28-8-18(21,22)23/h3-6,13,24H,1-2,7-8H2,(H,25,26)(H,28,31)/t13-/m0/s1. The number of hydrogen-bond acceptors (Lipinski definition) is 6. The lowest BCUT2D eigenvalue weighted by atomic mass is 10.1. The molecule has 3 aromatic rings. The van der Waals surface area contributed by atoms with Gasteiger partial charge in [-0.15, -0.1) is 0 Å². The number of amides is 1. The number of H-pyrrole nitrogens is 1. The quantitative estimate of drug-likeness (QED) is 0.520. The average molecular weight is 458 g/mol. The minimum Gasteiger partial charge on any atom is -0.345 e. The van der Waals surface area contributed by atoms with E-state index in [0.29, 0.717) is 28.2 Å². The van der Waals surface area contributed by atoms with Gasteiger partial charge in [0.1, 0.15) is 18.2 Å². The van der Waals surface area contributed by atoms with Crippen LogP contribution in [-0.2, 0) is 4.79 Å². The number of carbonyl (C=O) groups excluding carboxylic acids is 1. The van der Waals surface area contributed by atoms with E-state index in [0.717, 1.165) is 6.20 Å². The summed E-state index contributed by atoms with van der Waals surface area (Å²) in [6.45, 7) is -0.876. The lowest BCUT2D eigenvalue weighted by molar-refractivity contribution is -0.139. The lowest BCUT2D eigenvalue weighted by Gasteiger charge is -2.36. The van der Waals surface area contributed by atoms with Gasteiger partial charge in [0, 0.05) is 43.0 Å². The topological polar surface area (TPSA) is 98.8 Å². The fraction of sp³-hybridized carbons (Fsp3) is 0.333. The van der Waals surface area contributed by atoms with Crippen LogP contribution in [0.4, 0.5) is 23.4 Å². The van der Waals surface area contributed by atoms with Gasteiger partial charge in [0.05, 0.1) is 11.2 Å². The summed E-state index contributed by atoms with van der Waals surface area (Å²) in [5, 5.41) is 5.78. The maximum Gasteiger partial charge on any atom is 0.405 e. The molecule has 1 amide bonds. The van der Waals surface area contributed by atoms with Crippen LogP contribution in [0.15, 0.2) is 24.7 Å². The molecule has 1 atom stereocenters. The summed E-state index contributed by atoms with van der Waals surface area (Å²) < 4.78 is 52.1. The number of nitrogens with zero attached hydrogens (tertiary/aromatic N) is 4. The summed E-state index contributed by atoms with van der Waals surface area (Å²) in [5.41, 5.74) is 1.04. The first-order chi connectivity index (χ1) is 14.7. The molecule has 31 heavy (non-hydrogen) atoms. The summed E-state index contributed by atoms with van der Waals surface area (Å²) in [6.07, 6.45) is -0.538. The van der Waals surface area contributed by atoms with Crippen molar-refractivity contribution in [2.45, 2.75) is 12.2 Å². The van der Waals surface area contributed by atoms with Crippen molar-refractivity contribution in [3.8, 4) is 11.4 Å². The number of nitrogens with one attached hydrogen (secondary N) is 3. The molecule has 0 unspecified atom stereocenters. The predicted octanol–water partition coefficient (Wildman–Crippen LogP) is 2.27. The predicted molar refractivity (Wildman–Crippen MR) is 105 cm³/mol. The lowest BCUT2D eigenvalue weighted by Crippen LogP contribution is -2.59. The van der Waals surface area contributed by atoms with Crippen molar-refractivity contribution in [1.29, 1.82) is 0 Å². The minimum atomic E-state index is -4.55. The maximum absolute atomic E-state index is 14.6. The third kappa shape index (κ3) is 4.54. The van der Waals surface area contributed by atoms with E-state index in [1.807, 2.05) is 5.32 Å². The van der Waals surface area contributed by atoms with Crippen molar-refractivity contribution in [3.63, 3.8) is 0 Å². The molecule has 0 spiro atoms. The van der Waals surface area contributed by atoms with E-state index >= 15 is 0 Å². The normalized spacial score (nSPS) is 17.2. The van der Waals surface area contributed by atoms with Gasteiger partial charge in [0.25, 0.3) is 0 Å². The zero-order chi connectivity index (χ0) is 22.2.